The van der Waals surface area contributed by atoms with E-state index in [4.69, 9.17) is 0 Å². The molecule has 1 aromatic carbocycles. The molecule has 0 bridgehead atoms. The van der Waals surface area contributed by atoms with E-state index in [9.17, 15) is 4.79 Å². The zero-order valence-electron chi connectivity index (χ0n) is 10.4. The average Bonchev–Trinajstić information content (AvgIpc) is 2.43. The number of nitrogens with zero attached hydrogens (tertiary/aromatic N) is 1. The highest BCUT2D eigenvalue weighted by molar-refractivity contribution is 5.94. The summed E-state index contributed by atoms with van der Waals surface area (Å²) in [7, 11) is 0. The van der Waals surface area contributed by atoms with Gasteiger partial charge in [-0.1, -0.05) is 36.4 Å². The van der Waals surface area contributed by atoms with Gasteiger partial charge in [0.05, 0.1) is 5.52 Å². The maximum atomic E-state index is 11.9. The minimum atomic E-state index is -0.120. The van der Waals surface area contributed by atoms with Gasteiger partial charge in [-0.15, -0.1) is 0 Å². The standard InChI is InChI=1S/C15H16N2O/c1-2-3-6-11-16-15(18)14-10-9-12-7-4-5-8-13(12)17-14/h2-5,7-10H,6,11H2,1H3,(H,16,18)/b3-2+. The number of pyridine rings is 1. The van der Waals surface area contributed by atoms with Crippen molar-refractivity contribution >= 4 is 16.8 Å². The zero-order valence-corrected chi connectivity index (χ0v) is 10.4. The molecule has 3 heteroatoms. The van der Waals surface area contributed by atoms with Crippen LogP contribution in [0.5, 0.6) is 0 Å². The van der Waals surface area contributed by atoms with Crippen LogP contribution in [-0.4, -0.2) is 17.4 Å². The molecule has 1 amide bonds. The summed E-state index contributed by atoms with van der Waals surface area (Å²) >= 11 is 0. The predicted octanol–water partition coefficient (Wildman–Crippen LogP) is 2.93. The third kappa shape index (κ3) is 2.94. The summed E-state index contributed by atoms with van der Waals surface area (Å²) in [6, 6.07) is 11.4. The van der Waals surface area contributed by atoms with Crippen LogP contribution in [0, 0.1) is 0 Å². The van der Waals surface area contributed by atoms with Crippen molar-refractivity contribution in [2.24, 2.45) is 0 Å². The second-order valence-corrected chi connectivity index (χ2v) is 4.00. The van der Waals surface area contributed by atoms with Crippen LogP contribution in [0.2, 0.25) is 0 Å². The molecule has 0 saturated heterocycles. The lowest BCUT2D eigenvalue weighted by Gasteiger charge is -2.04. The summed E-state index contributed by atoms with van der Waals surface area (Å²) in [5, 5.41) is 3.89. The Kier molecular flexibility index (Phi) is 4.07. The van der Waals surface area contributed by atoms with E-state index in [1.807, 2.05) is 49.4 Å². The predicted molar refractivity (Wildman–Crippen MR) is 73.5 cm³/mol. The van der Waals surface area contributed by atoms with E-state index in [1.54, 1.807) is 6.07 Å². The number of nitrogens with one attached hydrogen (secondary N) is 1. The molecule has 2 rings (SSSR count). The van der Waals surface area contributed by atoms with Gasteiger partial charge in [0.15, 0.2) is 0 Å². The summed E-state index contributed by atoms with van der Waals surface area (Å²) in [4.78, 5) is 16.2. The molecular weight excluding hydrogens is 224 g/mol. The monoisotopic (exact) mass is 240 g/mol. The Hall–Kier alpha value is -2.16. The van der Waals surface area contributed by atoms with Crippen LogP contribution in [0.25, 0.3) is 10.9 Å². The summed E-state index contributed by atoms with van der Waals surface area (Å²) in [6.45, 7) is 2.60. The molecule has 0 saturated carbocycles. The van der Waals surface area contributed by atoms with Gasteiger partial charge in [-0.05, 0) is 25.5 Å². The Morgan fingerprint density at radius 2 is 2.11 bits per heavy atom. The summed E-state index contributed by atoms with van der Waals surface area (Å²) in [5.41, 5.74) is 1.31. The second-order valence-electron chi connectivity index (χ2n) is 4.00. The Bertz CT molecular complexity index is 575. The summed E-state index contributed by atoms with van der Waals surface area (Å²) in [6.07, 6.45) is 4.84. The minimum Gasteiger partial charge on any atom is -0.350 e. The number of hydrogen-bond acceptors (Lipinski definition) is 2. The molecular formula is C15H16N2O. The highest BCUT2D eigenvalue weighted by Crippen LogP contribution is 2.11. The fourth-order valence-corrected chi connectivity index (χ4v) is 1.72. The van der Waals surface area contributed by atoms with Crippen LogP contribution in [0.15, 0.2) is 48.6 Å². The highest BCUT2D eigenvalue weighted by Gasteiger charge is 2.06. The molecule has 92 valence electrons. The number of amides is 1. The minimum absolute atomic E-state index is 0.120. The molecule has 1 N–H and O–H groups in total. The van der Waals surface area contributed by atoms with Crippen LogP contribution < -0.4 is 5.32 Å². The molecule has 0 radical (unpaired) electrons. The Morgan fingerprint density at radius 1 is 1.28 bits per heavy atom. The Morgan fingerprint density at radius 3 is 2.94 bits per heavy atom. The number of rotatable bonds is 4. The summed E-state index contributed by atoms with van der Waals surface area (Å²) in [5.74, 6) is -0.120. The first kappa shape index (κ1) is 12.3. The number of aromatic nitrogens is 1. The van der Waals surface area contributed by atoms with Crippen molar-refractivity contribution in [3.8, 4) is 0 Å². The van der Waals surface area contributed by atoms with Crippen molar-refractivity contribution in [3.05, 3.63) is 54.2 Å². The molecule has 0 unspecified atom stereocenters. The second kappa shape index (κ2) is 5.96. The molecule has 0 aliphatic rings. The van der Waals surface area contributed by atoms with Crippen molar-refractivity contribution in [2.45, 2.75) is 13.3 Å². The maximum absolute atomic E-state index is 11.9. The van der Waals surface area contributed by atoms with Gasteiger partial charge in [0.25, 0.3) is 5.91 Å². The smallest absolute Gasteiger partial charge is 0.269 e. The van der Waals surface area contributed by atoms with E-state index in [2.05, 4.69) is 10.3 Å². The fraction of sp³-hybridized carbons (Fsp3) is 0.200. The SMILES string of the molecule is C/C=C/CCNC(=O)c1ccc2ccccc2n1. The van der Waals surface area contributed by atoms with Crippen molar-refractivity contribution in [1.29, 1.82) is 0 Å². The van der Waals surface area contributed by atoms with Gasteiger partial charge >= 0.3 is 0 Å². The number of carbonyl (C=O) groups excluding carboxylic acids is 1. The third-order valence-corrected chi connectivity index (χ3v) is 2.66. The van der Waals surface area contributed by atoms with Crippen LogP contribution in [-0.2, 0) is 0 Å². The van der Waals surface area contributed by atoms with E-state index in [0.717, 1.165) is 17.3 Å². The first-order valence-corrected chi connectivity index (χ1v) is 6.06. The lowest BCUT2D eigenvalue weighted by molar-refractivity contribution is 0.0950. The number of hydrogen-bond donors (Lipinski definition) is 1. The van der Waals surface area contributed by atoms with Gasteiger partial charge in [0.2, 0.25) is 0 Å². The van der Waals surface area contributed by atoms with E-state index in [0.29, 0.717) is 12.2 Å². The van der Waals surface area contributed by atoms with E-state index >= 15 is 0 Å². The van der Waals surface area contributed by atoms with Gasteiger partial charge in [-0.25, -0.2) is 4.98 Å². The zero-order chi connectivity index (χ0) is 12.8. The first-order valence-electron chi connectivity index (χ1n) is 6.06. The molecule has 18 heavy (non-hydrogen) atoms. The van der Waals surface area contributed by atoms with E-state index in [-0.39, 0.29) is 5.91 Å². The molecule has 0 aliphatic carbocycles. The molecule has 0 fully saturated rings. The quantitative estimate of drug-likeness (QED) is 0.659. The van der Waals surface area contributed by atoms with Gasteiger partial charge in [-0.2, -0.15) is 0 Å². The first-order chi connectivity index (χ1) is 8.81. The van der Waals surface area contributed by atoms with Crippen LogP contribution in [0.3, 0.4) is 0 Å². The van der Waals surface area contributed by atoms with Crippen molar-refractivity contribution in [3.63, 3.8) is 0 Å². The van der Waals surface area contributed by atoms with Gasteiger partial charge < -0.3 is 5.32 Å². The lowest BCUT2D eigenvalue weighted by Crippen LogP contribution is -2.25. The molecule has 3 nitrogen and oxygen atoms in total. The topological polar surface area (TPSA) is 42.0 Å². The number of allylic oxidation sites excluding steroid dienone is 1. The molecule has 2 aromatic rings. The normalized spacial score (nSPS) is 10.9. The highest BCUT2D eigenvalue weighted by atomic mass is 16.1. The third-order valence-electron chi connectivity index (χ3n) is 2.66. The largest absolute Gasteiger partial charge is 0.350 e. The lowest BCUT2D eigenvalue weighted by atomic mass is 10.2. The van der Waals surface area contributed by atoms with Crippen LogP contribution in [0.4, 0.5) is 0 Å². The number of para-hydroxylation sites is 1. The van der Waals surface area contributed by atoms with Crippen LogP contribution in [0.1, 0.15) is 23.8 Å². The van der Waals surface area contributed by atoms with Crippen LogP contribution >= 0.6 is 0 Å². The molecule has 1 aromatic heterocycles. The summed E-state index contributed by atoms with van der Waals surface area (Å²) < 4.78 is 0. The number of fused-ring (bicyclic) bond motifs is 1. The number of benzene rings is 1. The van der Waals surface area contributed by atoms with Gasteiger partial charge in [-0.3, -0.25) is 4.79 Å². The van der Waals surface area contributed by atoms with Crippen molar-refractivity contribution in [2.75, 3.05) is 6.54 Å². The van der Waals surface area contributed by atoms with Crippen molar-refractivity contribution in [1.82, 2.24) is 10.3 Å². The van der Waals surface area contributed by atoms with E-state index in [1.165, 1.54) is 0 Å². The van der Waals surface area contributed by atoms with Gasteiger partial charge in [0.1, 0.15) is 5.69 Å². The fourth-order valence-electron chi connectivity index (χ4n) is 1.72. The molecule has 1 heterocycles. The maximum Gasteiger partial charge on any atom is 0.269 e. The van der Waals surface area contributed by atoms with Gasteiger partial charge in [0, 0.05) is 11.9 Å². The molecule has 0 spiro atoms. The molecule has 0 atom stereocenters. The number of carbonyl (C=O) groups is 1. The molecule has 0 aliphatic heterocycles. The van der Waals surface area contributed by atoms with E-state index < -0.39 is 0 Å². The Balaban J connectivity index is 2.08. The van der Waals surface area contributed by atoms with Crippen molar-refractivity contribution < 1.29 is 4.79 Å². The Labute approximate surface area is 107 Å². The average molecular weight is 240 g/mol.